The Morgan fingerprint density at radius 1 is 0.857 bits per heavy atom. The average Bonchev–Trinajstić information content (AvgIpc) is 2.85. The van der Waals surface area contributed by atoms with E-state index in [1.807, 2.05) is 0 Å². The number of ether oxygens (including phenoxy) is 4. The van der Waals surface area contributed by atoms with Crippen LogP contribution < -0.4 is 14.8 Å². The van der Waals surface area contributed by atoms with Crippen molar-refractivity contribution in [1.82, 2.24) is 5.32 Å². The van der Waals surface area contributed by atoms with Crippen LogP contribution in [0.5, 0.6) is 11.5 Å². The van der Waals surface area contributed by atoms with Gasteiger partial charge in [-0.05, 0) is 32.0 Å². The van der Waals surface area contributed by atoms with Crippen LogP contribution in [-0.4, -0.2) is 62.9 Å². The summed E-state index contributed by atoms with van der Waals surface area (Å²) in [4.78, 5) is 63.9. The lowest BCUT2D eigenvalue weighted by Gasteiger charge is -2.22. The molecule has 1 N–H and O–H groups in total. The number of fused-ring (bicyclic) bond motifs is 2. The van der Waals surface area contributed by atoms with Crippen LogP contribution in [0, 0.1) is 0 Å². The predicted molar refractivity (Wildman–Crippen MR) is 122 cm³/mol. The molecule has 0 fully saturated rings. The van der Waals surface area contributed by atoms with Crippen molar-refractivity contribution < 1.29 is 42.9 Å². The first-order valence-electron chi connectivity index (χ1n) is 10.9. The summed E-state index contributed by atoms with van der Waals surface area (Å²) in [5.74, 6) is -3.01. The molecular weight excluding hydrogens is 458 g/mol. The second kappa shape index (κ2) is 10.8. The first-order valence-corrected chi connectivity index (χ1v) is 10.9. The maximum Gasteiger partial charge on any atom is 0.329 e. The molecule has 0 aliphatic heterocycles. The zero-order valence-corrected chi connectivity index (χ0v) is 19.8. The zero-order valence-electron chi connectivity index (χ0n) is 19.8. The molecule has 0 saturated carbocycles. The smallest absolute Gasteiger partial charge is 0.329 e. The van der Waals surface area contributed by atoms with Gasteiger partial charge in [0.15, 0.2) is 5.78 Å². The number of hydrogen-bond donors (Lipinski definition) is 1. The van der Waals surface area contributed by atoms with E-state index in [1.165, 1.54) is 32.4 Å². The van der Waals surface area contributed by atoms with Gasteiger partial charge in [0.2, 0.25) is 5.78 Å². The quantitative estimate of drug-likeness (QED) is 0.454. The van der Waals surface area contributed by atoms with Crippen molar-refractivity contribution in [1.29, 1.82) is 0 Å². The topological polar surface area (TPSA) is 134 Å². The summed E-state index contributed by atoms with van der Waals surface area (Å²) < 4.78 is 20.4. The minimum absolute atomic E-state index is 0.000448. The summed E-state index contributed by atoms with van der Waals surface area (Å²) in [5, 5.41) is 2.44. The minimum atomic E-state index is -1.31. The average molecular weight is 483 g/mol. The molecule has 0 heterocycles. The molecule has 0 bridgehead atoms. The number of carbonyl (C=O) groups excluding carboxylic acids is 5. The highest BCUT2D eigenvalue weighted by atomic mass is 16.5. The first-order chi connectivity index (χ1) is 16.8. The molecule has 1 unspecified atom stereocenters. The molecule has 184 valence electrons. The predicted octanol–water partition coefficient (Wildman–Crippen LogP) is 2.09. The number of hydrogen-bond acceptors (Lipinski definition) is 9. The molecule has 2 aromatic carbocycles. The van der Waals surface area contributed by atoms with Gasteiger partial charge >= 0.3 is 11.9 Å². The Balaban J connectivity index is 2.00. The molecule has 1 amide bonds. The second-order valence-corrected chi connectivity index (χ2v) is 7.43. The van der Waals surface area contributed by atoms with Crippen LogP contribution in [0.2, 0.25) is 0 Å². The van der Waals surface area contributed by atoms with E-state index in [1.54, 1.807) is 26.0 Å². The standard InChI is InChI=1S/C25H25NO9/c1-5-34-19(27)12-16(25(31)35-6-2)26-24(30)13-10-15-21(18(11-13)33-4)23(29)20-14(22(15)28)8-7-9-17(20)32-3/h7-11,16H,5-6,12H2,1-4H3,(H,26,30). The Labute approximate surface area is 201 Å². The van der Waals surface area contributed by atoms with Gasteiger partial charge in [0.1, 0.15) is 17.5 Å². The third kappa shape index (κ3) is 5.01. The summed E-state index contributed by atoms with van der Waals surface area (Å²) in [6.45, 7) is 3.35. The maximum atomic E-state index is 13.3. The Morgan fingerprint density at radius 2 is 1.51 bits per heavy atom. The largest absolute Gasteiger partial charge is 0.496 e. The van der Waals surface area contributed by atoms with E-state index in [0.29, 0.717) is 0 Å². The van der Waals surface area contributed by atoms with Crippen LogP contribution >= 0.6 is 0 Å². The molecule has 0 radical (unpaired) electrons. The normalized spacial score (nSPS) is 12.7. The number of methoxy groups -OCH3 is 2. The highest BCUT2D eigenvalue weighted by Crippen LogP contribution is 2.38. The molecule has 10 heteroatoms. The third-order valence-corrected chi connectivity index (χ3v) is 5.33. The first kappa shape index (κ1) is 25.4. The number of benzene rings is 2. The molecule has 0 spiro atoms. The highest BCUT2D eigenvalue weighted by Gasteiger charge is 2.36. The van der Waals surface area contributed by atoms with E-state index in [-0.39, 0.29) is 52.5 Å². The van der Waals surface area contributed by atoms with Crippen LogP contribution in [0.25, 0.3) is 0 Å². The van der Waals surface area contributed by atoms with E-state index in [2.05, 4.69) is 5.32 Å². The molecule has 3 rings (SSSR count). The summed E-state index contributed by atoms with van der Waals surface area (Å²) in [6, 6.07) is 5.87. The van der Waals surface area contributed by atoms with Gasteiger partial charge in [-0.3, -0.25) is 19.2 Å². The minimum Gasteiger partial charge on any atom is -0.496 e. The van der Waals surface area contributed by atoms with E-state index in [0.717, 1.165) is 0 Å². The van der Waals surface area contributed by atoms with Crippen molar-refractivity contribution in [2.45, 2.75) is 26.3 Å². The Hall–Kier alpha value is -4.21. The lowest BCUT2D eigenvalue weighted by Crippen LogP contribution is -2.43. The molecule has 1 atom stereocenters. The van der Waals surface area contributed by atoms with Crippen molar-refractivity contribution in [3.8, 4) is 11.5 Å². The van der Waals surface area contributed by atoms with Gasteiger partial charge in [-0.15, -0.1) is 0 Å². The summed E-state index contributed by atoms with van der Waals surface area (Å²) in [7, 11) is 2.69. The number of esters is 2. The highest BCUT2D eigenvalue weighted by molar-refractivity contribution is 6.30. The van der Waals surface area contributed by atoms with Gasteiger partial charge in [0.05, 0.1) is 45.0 Å². The molecule has 35 heavy (non-hydrogen) atoms. The fraction of sp³-hybridized carbons (Fsp3) is 0.320. The van der Waals surface area contributed by atoms with Crippen molar-refractivity contribution in [2.75, 3.05) is 27.4 Å². The number of ketones is 2. The van der Waals surface area contributed by atoms with Gasteiger partial charge in [-0.25, -0.2) is 4.79 Å². The molecule has 1 aliphatic rings. The zero-order chi connectivity index (χ0) is 25.7. The molecule has 0 aromatic heterocycles. The van der Waals surface area contributed by atoms with Gasteiger partial charge in [-0.1, -0.05) is 12.1 Å². The van der Waals surface area contributed by atoms with Crippen molar-refractivity contribution in [2.24, 2.45) is 0 Å². The number of rotatable bonds is 9. The molecular formula is C25H25NO9. The number of nitrogens with one attached hydrogen (secondary N) is 1. The fourth-order valence-corrected chi connectivity index (χ4v) is 3.78. The van der Waals surface area contributed by atoms with Crippen LogP contribution in [0.1, 0.15) is 62.5 Å². The fourth-order valence-electron chi connectivity index (χ4n) is 3.78. The van der Waals surface area contributed by atoms with Crippen LogP contribution in [-0.2, 0) is 19.1 Å². The molecule has 2 aromatic rings. The molecule has 10 nitrogen and oxygen atoms in total. The van der Waals surface area contributed by atoms with Crippen molar-refractivity contribution in [3.05, 3.63) is 58.1 Å². The molecule has 0 saturated heterocycles. The Kier molecular flexibility index (Phi) is 7.85. The Bertz CT molecular complexity index is 1200. The van der Waals surface area contributed by atoms with E-state index in [9.17, 15) is 24.0 Å². The summed E-state index contributed by atoms with van der Waals surface area (Å²) in [6.07, 6.45) is -0.439. The van der Waals surface area contributed by atoms with Crippen LogP contribution in [0.15, 0.2) is 30.3 Å². The van der Waals surface area contributed by atoms with Gasteiger partial charge in [0.25, 0.3) is 5.91 Å². The molecule has 1 aliphatic carbocycles. The maximum absolute atomic E-state index is 13.3. The second-order valence-electron chi connectivity index (χ2n) is 7.43. The van der Waals surface area contributed by atoms with Crippen LogP contribution in [0.4, 0.5) is 0 Å². The number of carbonyl (C=O) groups is 5. The van der Waals surface area contributed by atoms with E-state index in [4.69, 9.17) is 18.9 Å². The van der Waals surface area contributed by atoms with Gasteiger partial charge < -0.3 is 24.3 Å². The summed E-state index contributed by atoms with van der Waals surface area (Å²) in [5.41, 5.74) is 0.164. The van der Waals surface area contributed by atoms with E-state index < -0.39 is 41.9 Å². The van der Waals surface area contributed by atoms with Gasteiger partial charge in [-0.2, -0.15) is 0 Å². The van der Waals surface area contributed by atoms with Crippen molar-refractivity contribution >= 4 is 29.4 Å². The number of amides is 1. The lowest BCUT2D eigenvalue weighted by atomic mass is 9.82. The van der Waals surface area contributed by atoms with Crippen LogP contribution in [0.3, 0.4) is 0 Å². The van der Waals surface area contributed by atoms with Gasteiger partial charge in [0, 0.05) is 16.7 Å². The Morgan fingerprint density at radius 3 is 2.14 bits per heavy atom. The lowest BCUT2D eigenvalue weighted by molar-refractivity contribution is -0.152. The monoisotopic (exact) mass is 483 g/mol. The SMILES string of the molecule is CCOC(=O)CC(NC(=O)c1cc(OC)c2c(c1)C(=O)c1cccc(OC)c1C2=O)C(=O)OCC. The van der Waals surface area contributed by atoms with Crippen molar-refractivity contribution in [3.63, 3.8) is 0 Å². The van der Waals surface area contributed by atoms with E-state index >= 15 is 0 Å². The summed E-state index contributed by atoms with van der Waals surface area (Å²) >= 11 is 0. The third-order valence-electron chi connectivity index (χ3n) is 5.33.